The first-order chi connectivity index (χ1) is 12.7. The maximum atomic E-state index is 5.26. The molecule has 1 N–H and O–H groups in total. The lowest BCUT2D eigenvalue weighted by atomic mass is 10.2. The van der Waals surface area contributed by atoms with E-state index in [9.17, 15) is 0 Å². The van der Waals surface area contributed by atoms with Crippen LogP contribution < -0.4 is 15.0 Å². The van der Waals surface area contributed by atoms with E-state index in [1.165, 1.54) is 5.56 Å². The maximum Gasteiger partial charge on any atom is 0.247 e. The van der Waals surface area contributed by atoms with Crippen LogP contribution >= 0.6 is 0 Å². The normalized spacial score (nSPS) is 10.6. The molecule has 1 aromatic heterocycles. The van der Waals surface area contributed by atoms with Gasteiger partial charge in [0.15, 0.2) is 5.82 Å². The van der Waals surface area contributed by atoms with Crippen LogP contribution in [-0.2, 0) is 6.54 Å². The van der Waals surface area contributed by atoms with Crippen molar-refractivity contribution in [2.24, 2.45) is 0 Å². The SMILES string of the molecule is COc1cccc(Nc2cnnc(N(Cc3ccccc3)C(C)C)n2)c1. The quantitative estimate of drug-likeness (QED) is 0.694. The van der Waals surface area contributed by atoms with Gasteiger partial charge in [-0.25, -0.2) is 0 Å². The molecule has 26 heavy (non-hydrogen) atoms. The van der Waals surface area contributed by atoms with Gasteiger partial charge in [0.05, 0.1) is 13.3 Å². The van der Waals surface area contributed by atoms with Crippen molar-refractivity contribution in [1.82, 2.24) is 15.2 Å². The summed E-state index contributed by atoms with van der Waals surface area (Å²) in [6.07, 6.45) is 1.62. The lowest BCUT2D eigenvalue weighted by Crippen LogP contribution is -2.32. The van der Waals surface area contributed by atoms with E-state index in [1.54, 1.807) is 13.3 Å². The average molecular weight is 349 g/mol. The molecule has 0 radical (unpaired) electrons. The Morgan fingerprint density at radius 2 is 1.88 bits per heavy atom. The van der Waals surface area contributed by atoms with Crippen molar-refractivity contribution in [2.45, 2.75) is 26.4 Å². The molecule has 0 unspecified atom stereocenters. The summed E-state index contributed by atoms with van der Waals surface area (Å²) in [6.45, 7) is 4.96. The highest BCUT2D eigenvalue weighted by molar-refractivity contribution is 5.58. The Hall–Kier alpha value is -3.15. The van der Waals surface area contributed by atoms with Crippen LogP contribution in [-0.4, -0.2) is 28.3 Å². The van der Waals surface area contributed by atoms with E-state index in [4.69, 9.17) is 4.74 Å². The molecule has 134 valence electrons. The van der Waals surface area contributed by atoms with Crippen molar-refractivity contribution in [2.75, 3.05) is 17.3 Å². The van der Waals surface area contributed by atoms with Gasteiger partial charge in [-0.1, -0.05) is 36.4 Å². The zero-order valence-corrected chi connectivity index (χ0v) is 15.3. The van der Waals surface area contributed by atoms with Crippen molar-refractivity contribution in [1.29, 1.82) is 0 Å². The topological polar surface area (TPSA) is 63.2 Å². The molecule has 0 fully saturated rings. The molecular formula is C20H23N5O. The van der Waals surface area contributed by atoms with Gasteiger partial charge in [-0.3, -0.25) is 0 Å². The lowest BCUT2D eigenvalue weighted by molar-refractivity contribution is 0.415. The van der Waals surface area contributed by atoms with E-state index in [1.807, 2.05) is 42.5 Å². The number of nitrogens with zero attached hydrogens (tertiary/aromatic N) is 4. The van der Waals surface area contributed by atoms with Crippen molar-refractivity contribution in [3.05, 3.63) is 66.4 Å². The molecule has 0 aliphatic carbocycles. The largest absolute Gasteiger partial charge is 0.497 e. The van der Waals surface area contributed by atoms with Gasteiger partial charge in [-0.15, -0.1) is 5.10 Å². The van der Waals surface area contributed by atoms with Crippen LogP contribution in [0.5, 0.6) is 5.75 Å². The zero-order chi connectivity index (χ0) is 18.4. The Morgan fingerprint density at radius 3 is 2.62 bits per heavy atom. The molecule has 3 aromatic rings. The van der Waals surface area contributed by atoms with E-state index in [-0.39, 0.29) is 6.04 Å². The van der Waals surface area contributed by atoms with E-state index in [0.29, 0.717) is 11.8 Å². The Kier molecular flexibility index (Phi) is 5.63. The molecular weight excluding hydrogens is 326 g/mol. The highest BCUT2D eigenvalue weighted by atomic mass is 16.5. The summed E-state index contributed by atoms with van der Waals surface area (Å²) in [5.74, 6) is 2.02. The van der Waals surface area contributed by atoms with Crippen LogP contribution in [0.15, 0.2) is 60.8 Å². The summed E-state index contributed by atoms with van der Waals surface area (Å²) in [5.41, 5.74) is 2.09. The second-order valence-corrected chi connectivity index (χ2v) is 6.21. The third kappa shape index (κ3) is 4.47. The number of rotatable bonds is 7. The van der Waals surface area contributed by atoms with Gasteiger partial charge in [-0.2, -0.15) is 10.1 Å². The molecule has 0 bridgehead atoms. The van der Waals surface area contributed by atoms with Gasteiger partial charge in [0.1, 0.15) is 5.75 Å². The molecule has 6 nitrogen and oxygen atoms in total. The van der Waals surface area contributed by atoms with Crippen LogP contribution in [0.4, 0.5) is 17.5 Å². The highest BCUT2D eigenvalue weighted by Crippen LogP contribution is 2.21. The minimum atomic E-state index is 0.240. The van der Waals surface area contributed by atoms with Gasteiger partial charge in [0.2, 0.25) is 5.95 Å². The molecule has 0 saturated carbocycles. The number of aromatic nitrogens is 3. The van der Waals surface area contributed by atoms with Gasteiger partial charge >= 0.3 is 0 Å². The second kappa shape index (κ2) is 8.29. The third-order valence-electron chi connectivity index (χ3n) is 3.97. The Bertz CT molecular complexity index is 838. The van der Waals surface area contributed by atoms with Crippen LogP contribution in [0.1, 0.15) is 19.4 Å². The third-order valence-corrected chi connectivity index (χ3v) is 3.97. The minimum absolute atomic E-state index is 0.240. The van der Waals surface area contributed by atoms with E-state index < -0.39 is 0 Å². The van der Waals surface area contributed by atoms with Crippen molar-refractivity contribution in [3.63, 3.8) is 0 Å². The first kappa shape index (κ1) is 17.7. The first-order valence-electron chi connectivity index (χ1n) is 8.57. The molecule has 0 amide bonds. The van der Waals surface area contributed by atoms with Gasteiger partial charge in [-0.05, 0) is 31.5 Å². The minimum Gasteiger partial charge on any atom is -0.497 e. The summed E-state index contributed by atoms with van der Waals surface area (Å²) >= 11 is 0. The summed E-state index contributed by atoms with van der Waals surface area (Å²) in [4.78, 5) is 6.77. The van der Waals surface area contributed by atoms with E-state index in [2.05, 4.69) is 51.4 Å². The number of benzene rings is 2. The maximum absolute atomic E-state index is 5.26. The van der Waals surface area contributed by atoms with Crippen molar-refractivity contribution >= 4 is 17.5 Å². The van der Waals surface area contributed by atoms with Crippen LogP contribution in [0.3, 0.4) is 0 Å². The zero-order valence-electron chi connectivity index (χ0n) is 15.3. The Morgan fingerprint density at radius 1 is 1.08 bits per heavy atom. The molecule has 2 aromatic carbocycles. The summed E-state index contributed by atoms with van der Waals surface area (Å²) in [6, 6.07) is 18.2. The first-order valence-corrected chi connectivity index (χ1v) is 8.57. The molecule has 0 aliphatic heterocycles. The number of anilines is 3. The molecule has 3 rings (SSSR count). The van der Waals surface area contributed by atoms with Gasteiger partial charge in [0.25, 0.3) is 0 Å². The number of nitrogens with one attached hydrogen (secondary N) is 1. The van der Waals surface area contributed by atoms with E-state index >= 15 is 0 Å². The fourth-order valence-corrected chi connectivity index (χ4v) is 2.59. The summed E-state index contributed by atoms with van der Waals surface area (Å²) in [7, 11) is 1.65. The van der Waals surface area contributed by atoms with Crippen LogP contribution in [0.25, 0.3) is 0 Å². The monoisotopic (exact) mass is 349 g/mol. The second-order valence-electron chi connectivity index (χ2n) is 6.21. The van der Waals surface area contributed by atoms with E-state index in [0.717, 1.165) is 18.0 Å². The predicted octanol–water partition coefficient (Wildman–Crippen LogP) is 4.04. The fourth-order valence-electron chi connectivity index (χ4n) is 2.59. The fraction of sp³-hybridized carbons (Fsp3) is 0.250. The molecule has 6 heteroatoms. The number of ether oxygens (including phenoxy) is 1. The van der Waals surface area contributed by atoms with Crippen LogP contribution in [0.2, 0.25) is 0 Å². The molecule has 1 heterocycles. The number of methoxy groups -OCH3 is 1. The van der Waals surface area contributed by atoms with Crippen molar-refractivity contribution < 1.29 is 4.74 Å². The molecule has 0 atom stereocenters. The lowest BCUT2D eigenvalue weighted by Gasteiger charge is -2.26. The summed E-state index contributed by atoms with van der Waals surface area (Å²) < 4.78 is 5.26. The molecule has 0 spiro atoms. The Labute approximate surface area is 153 Å². The smallest absolute Gasteiger partial charge is 0.247 e. The number of hydrogen-bond acceptors (Lipinski definition) is 6. The molecule has 0 saturated heterocycles. The van der Waals surface area contributed by atoms with Gasteiger partial charge in [0, 0.05) is 24.3 Å². The van der Waals surface area contributed by atoms with Gasteiger partial charge < -0.3 is 15.0 Å². The number of hydrogen-bond donors (Lipinski definition) is 1. The molecule has 0 aliphatic rings. The predicted molar refractivity (Wildman–Crippen MR) is 104 cm³/mol. The standard InChI is InChI=1S/C20H23N5O/c1-15(2)25(14-16-8-5-4-6-9-16)20-23-19(13-21-24-20)22-17-10-7-11-18(12-17)26-3/h4-13,15H,14H2,1-3H3,(H,22,23,24). The summed E-state index contributed by atoms with van der Waals surface area (Å²) in [5, 5.41) is 11.6. The van der Waals surface area contributed by atoms with Crippen molar-refractivity contribution in [3.8, 4) is 5.75 Å². The Balaban J connectivity index is 1.81. The average Bonchev–Trinajstić information content (AvgIpc) is 2.67. The highest BCUT2D eigenvalue weighted by Gasteiger charge is 2.15. The van der Waals surface area contributed by atoms with Crippen LogP contribution in [0, 0.1) is 0 Å².